The van der Waals surface area contributed by atoms with Gasteiger partial charge in [-0.2, -0.15) is 38.7 Å². The summed E-state index contributed by atoms with van der Waals surface area (Å²) in [6.07, 6.45) is 28.9. The Morgan fingerprint density at radius 2 is 0.839 bits per heavy atom. The van der Waals surface area contributed by atoms with Gasteiger partial charge >= 0.3 is 17.9 Å². The largest absolute Gasteiger partial charge is 0.464 e. The van der Waals surface area contributed by atoms with Crippen LogP contribution in [0.1, 0.15) is 223 Å². The molecule has 0 aliphatic heterocycles. The van der Waals surface area contributed by atoms with Crippen LogP contribution in [-0.4, -0.2) is 38.0 Å². The van der Waals surface area contributed by atoms with Gasteiger partial charge in [0.25, 0.3) is 0 Å². The second kappa shape index (κ2) is 33.6. The van der Waals surface area contributed by atoms with Crippen LogP contribution in [0.15, 0.2) is 18.2 Å². The van der Waals surface area contributed by atoms with Crippen molar-refractivity contribution in [1.82, 2.24) is 0 Å². The van der Waals surface area contributed by atoms with Crippen LogP contribution in [0.5, 0.6) is 0 Å². The summed E-state index contributed by atoms with van der Waals surface area (Å²) < 4.78 is 110. The Kier molecular flexibility index (Phi) is 33.1. The van der Waals surface area contributed by atoms with E-state index in [1.807, 2.05) is 0 Å². The van der Waals surface area contributed by atoms with E-state index in [4.69, 9.17) is 0 Å². The normalized spacial score (nSPS) is 16.0. The van der Waals surface area contributed by atoms with Crippen molar-refractivity contribution < 1.29 is 40.0 Å². The first kappa shape index (κ1) is 61.2. The van der Waals surface area contributed by atoms with Gasteiger partial charge in [0.2, 0.25) is 0 Å². The van der Waals surface area contributed by atoms with E-state index in [1.54, 1.807) is 53.7 Å². The molecule has 0 spiro atoms. The topological polar surface area (TPSA) is 4.44 Å². The maximum absolute atomic E-state index is 14.1. The van der Waals surface area contributed by atoms with Gasteiger partial charge in [-0.05, 0) is 36.2 Å². The van der Waals surface area contributed by atoms with Gasteiger partial charge in [0.15, 0.2) is 11.5 Å². The van der Waals surface area contributed by atoms with E-state index in [2.05, 4.69) is 55.4 Å². The van der Waals surface area contributed by atoms with Crippen LogP contribution >= 0.6 is 0 Å². The molecular formula is C52H96AlF8N. The zero-order valence-electron chi connectivity index (χ0n) is 41.6. The molecule has 0 bridgehead atoms. The summed E-state index contributed by atoms with van der Waals surface area (Å²) in [7, 11) is 0.428. The summed E-state index contributed by atoms with van der Waals surface area (Å²) in [5.74, 6) is -9.30. The molecule has 0 radical (unpaired) electrons. The highest BCUT2D eigenvalue weighted by Crippen LogP contribution is 2.46. The predicted molar refractivity (Wildman–Crippen MR) is 253 cm³/mol. The van der Waals surface area contributed by atoms with Crippen LogP contribution in [-0.2, 0) is 0 Å². The molecule has 1 aromatic carbocycles. The number of alkyl halides is 6. The highest BCUT2D eigenvalue weighted by molar-refractivity contribution is 6.79. The minimum Gasteiger partial charge on any atom is -0.236 e. The molecule has 1 nitrogen and oxygen atoms in total. The van der Waals surface area contributed by atoms with Crippen molar-refractivity contribution in [3.8, 4) is 0 Å². The summed E-state index contributed by atoms with van der Waals surface area (Å²) in [6.45, 7) is 21.3. The van der Waals surface area contributed by atoms with Gasteiger partial charge in [0.1, 0.15) is 18.9 Å². The summed E-state index contributed by atoms with van der Waals surface area (Å²) in [5, 5.41) is 6.75. The third-order valence-corrected chi connectivity index (χ3v) is 21.2. The van der Waals surface area contributed by atoms with Crippen LogP contribution in [0.3, 0.4) is 0 Å². The van der Waals surface area contributed by atoms with Crippen molar-refractivity contribution in [2.24, 2.45) is 23.7 Å². The molecular weight excluding hydrogens is 818 g/mol. The average molecular weight is 914 g/mol. The Morgan fingerprint density at radius 3 is 1.15 bits per heavy atom. The van der Waals surface area contributed by atoms with E-state index >= 15 is 0 Å². The number of quaternary nitrogens is 1. The fraction of sp³-hybridized carbons (Fsp3) is 0.885. The fourth-order valence-electron chi connectivity index (χ4n) is 9.76. The molecule has 0 heterocycles. The Hall–Kier alpha value is -0.848. The first-order chi connectivity index (χ1) is 29.4. The lowest BCUT2D eigenvalue weighted by atomic mass is 9.96. The second-order valence-electron chi connectivity index (χ2n) is 19.6. The number of benzene rings is 1. The Bertz CT molecular complexity index is 1140. The van der Waals surface area contributed by atoms with Crippen molar-refractivity contribution in [2.45, 2.75) is 262 Å². The zero-order chi connectivity index (χ0) is 47.2. The smallest absolute Gasteiger partial charge is 0.236 e. The highest BCUT2D eigenvalue weighted by Gasteiger charge is 2.76. The predicted octanol–water partition coefficient (Wildman–Crippen LogP) is 18.8. The van der Waals surface area contributed by atoms with Gasteiger partial charge in [-0.15, -0.1) is 8.78 Å². The maximum atomic E-state index is 14.1. The van der Waals surface area contributed by atoms with E-state index in [0.29, 0.717) is 32.0 Å². The van der Waals surface area contributed by atoms with Crippen LogP contribution in [0.4, 0.5) is 40.8 Å². The van der Waals surface area contributed by atoms with Gasteiger partial charge in [0, 0.05) is 18.6 Å². The molecule has 62 heavy (non-hydrogen) atoms. The van der Waals surface area contributed by atoms with Crippen LogP contribution in [0.2, 0.25) is 21.1 Å². The van der Waals surface area contributed by atoms with Crippen molar-refractivity contribution in [3.63, 3.8) is 0 Å². The average Bonchev–Trinajstić information content (AvgIpc) is 3.25. The third-order valence-electron chi connectivity index (χ3n) is 14.9. The van der Waals surface area contributed by atoms with E-state index < -0.39 is 59.6 Å². The molecule has 1 N–H and O–H groups in total. The van der Waals surface area contributed by atoms with Crippen molar-refractivity contribution >= 4 is 18.8 Å². The molecule has 1 rings (SSSR count). The Morgan fingerprint density at radius 1 is 0.484 bits per heavy atom. The number of unbranched alkanes of at least 4 members (excludes halogenated alkanes) is 7. The molecule has 5 unspecified atom stereocenters. The van der Waals surface area contributed by atoms with Gasteiger partial charge in [0.05, 0.1) is 7.05 Å². The molecule has 1 aromatic rings. The van der Waals surface area contributed by atoms with Crippen molar-refractivity contribution in [2.75, 3.05) is 7.05 Å². The second-order valence-corrected chi connectivity index (χ2v) is 25.4. The lowest BCUT2D eigenvalue weighted by Crippen LogP contribution is -3.15. The number of rotatable bonds is 37. The summed E-state index contributed by atoms with van der Waals surface area (Å²) in [4.78, 5) is -1.58. The summed E-state index contributed by atoms with van der Waals surface area (Å²) in [6, 6.07) is -3.99. The number of hydrogen-bond donors (Lipinski definition) is 1. The van der Waals surface area contributed by atoms with Gasteiger partial charge < -0.3 is 0 Å². The van der Waals surface area contributed by atoms with Gasteiger partial charge in [-0.1, -0.05) is 210 Å². The lowest BCUT2D eigenvalue weighted by molar-refractivity contribution is -0.932. The Labute approximate surface area is 379 Å². The van der Waals surface area contributed by atoms with Gasteiger partial charge in [-0.3, -0.25) is 0 Å². The minimum absolute atomic E-state index is 0.211. The standard InChI is InChI=1S/C16H19F8N.4C9H19.Al/c1-3-4-5-6-9-14(19,20)15(21,22)16(23,24)25(2)13-8-7-11(17)10-12(13)18;4*1-4-7-8-9(5-2)6-3;/h7-8,10H,3-6,9H2,1-2H3;4*9H,2,4-8H2,1,3H3;/q;;;;;-1/p+1. The summed E-state index contributed by atoms with van der Waals surface area (Å²) in [5.41, 5.74) is -1.03. The minimum atomic E-state index is -5.71. The molecule has 10 heteroatoms. The van der Waals surface area contributed by atoms with E-state index in [1.165, 1.54) is 103 Å². The molecule has 0 aromatic heterocycles. The molecule has 0 saturated carbocycles. The van der Waals surface area contributed by atoms with Crippen LogP contribution < -0.4 is 4.90 Å². The van der Waals surface area contributed by atoms with E-state index in [9.17, 15) is 35.1 Å². The molecule has 5 atom stereocenters. The monoisotopic (exact) mass is 914 g/mol. The van der Waals surface area contributed by atoms with Gasteiger partial charge in [-0.25, -0.2) is 13.7 Å². The molecule has 0 saturated heterocycles. The number of halogens is 8. The Balaban J connectivity index is 0.00000129. The maximum Gasteiger partial charge on any atom is 0.464 e. The van der Waals surface area contributed by atoms with Crippen LogP contribution in [0, 0.1) is 35.3 Å². The quantitative estimate of drug-likeness (QED) is 0.0294. The SMILES string of the molecule is CCCCC(CC)C[CH2][Al-]([CH2]CC(CC)CCCC)([CH2]CC(CC)CCCC)[CH2]CC(CC)CCCC.CCCCCCC(F)(F)C(F)(F)C(F)(F)[NH+](C)c1ccc(F)cc1F. The van der Waals surface area contributed by atoms with Crippen molar-refractivity contribution in [3.05, 3.63) is 29.8 Å². The number of nitrogens with one attached hydrogen (secondary N) is 1. The highest BCUT2D eigenvalue weighted by atomic mass is 27.2. The molecule has 368 valence electrons. The molecule has 0 aliphatic rings. The molecule has 0 amide bonds. The first-order valence-corrected chi connectivity index (χ1v) is 29.3. The first-order valence-electron chi connectivity index (χ1n) is 26.0. The van der Waals surface area contributed by atoms with Crippen LogP contribution in [0.25, 0.3) is 0 Å². The van der Waals surface area contributed by atoms with E-state index in [-0.39, 0.29) is 18.9 Å². The van der Waals surface area contributed by atoms with E-state index in [0.717, 1.165) is 23.7 Å². The molecule has 0 fully saturated rings. The zero-order valence-corrected chi connectivity index (χ0v) is 42.8. The number of hydrogen-bond acceptors (Lipinski definition) is 0. The molecule has 0 aliphatic carbocycles. The lowest BCUT2D eigenvalue weighted by Gasteiger charge is -2.41. The fourth-order valence-corrected chi connectivity index (χ4v) is 16.2. The third kappa shape index (κ3) is 22.1. The summed E-state index contributed by atoms with van der Waals surface area (Å²) >= 11 is -1.64. The van der Waals surface area contributed by atoms with Crippen molar-refractivity contribution in [1.29, 1.82) is 0 Å².